The van der Waals surface area contributed by atoms with Gasteiger partial charge in [0, 0.05) is 38.5 Å². The summed E-state index contributed by atoms with van der Waals surface area (Å²) in [6.45, 7) is 14.0. The molecule has 4 fully saturated rings. The lowest BCUT2D eigenvalue weighted by Gasteiger charge is -2.31. The Labute approximate surface area is 372 Å². The number of carboxylic acids is 1. The second kappa shape index (κ2) is 20.0. The van der Waals surface area contributed by atoms with E-state index in [4.69, 9.17) is 18.9 Å². The number of rotatable bonds is 8. The van der Waals surface area contributed by atoms with Crippen LogP contribution in [0.5, 0.6) is 0 Å². The summed E-state index contributed by atoms with van der Waals surface area (Å²) in [4.78, 5) is 107. The number of aromatic nitrogens is 1. The molecule has 0 unspecified atom stereocenters. The van der Waals surface area contributed by atoms with E-state index in [1.54, 1.807) is 59.2 Å². The van der Waals surface area contributed by atoms with E-state index in [2.05, 4.69) is 10.6 Å². The van der Waals surface area contributed by atoms with Crippen LogP contribution in [-0.2, 0) is 42.9 Å². The number of hydrogen-bond donors (Lipinski definition) is 3. The largest absolute Gasteiger partial charge is 0.480 e. The number of hydrogen-bond acceptors (Lipinski definition) is 12. The van der Waals surface area contributed by atoms with Gasteiger partial charge in [-0.1, -0.05) is 18.2 Å². The van der Waals surface area contributed by atoms with Crippen LogP contribution in [0.4, 0.5) is 9.59 Å². The zero-order valence-electron chi connectivity index (χ0n) is 38.3. The average Bonchev–Trinajstić information content (AvgIpc) is 3.92. The van der Waals surface area contributed by atoms with E-state index < -0.39 is 95.8 Å². The smallest absolute Gasteiger partial charge is 0.410 e. The lowest BCUT2D eigenvalue weighted by Crippen LogP contribution is -2.56. The molecule has 4 aliphatic heterocycles. The van der Waals surface area contributed by atoms with Crippen LogP contribution in [0.1, 0.15) is 98.7 Å². The highest BCUT2D eigenvalue weighted by atomic mass is 16.6. The number of amides is 6. The summed E-state index contributed by atoms with van der Waals surface area (Å²) in [6, 6.07) is 4.25. The normalized spacial score (nSPS) is 24.4. The van der Waals surface area contributed by atoms with Crippen LogP contribution >= 0.6 is 0 Å². The Hall–Kier alpha value is -5.76. The zero-order valence-corrected chi connectivity index (χ0v) is 38.3. The number of nitrogens with one attached hydrogen (secondary N) is 2. The number of carbonyl (C=O) groups is 8. The molecule has 0 radical (unpaired) electrons. The number of benzene rings is 1. The van der Waals surface area contributed by atoms with Gasteiger partial charge in [0.2, 0.25) is 23.6 Å². The molecule has 0 saturated carbocycles. The van der Waals surface area contributed by atoms with Gasteiger partial charge in [0.05, 0.1) is 18.7 Å². The lowest BCUT2D eigenvalue weighted by molar-refractivity contribution is -0.155. The predicted molar refractivity (Wildman–Crippen MR) is 229 cm³/mol. The number of aliphatic carboxylic acids is 1. The molecule has 6 rings (SSSR count). The minimum atomic E-state index is -1.09. The van der Waals surface area contributed by atoms with E-state index in [9.17, 15) is 43.5 Å². The van der Waals surface area contributed by atoms with E-state index in [-0.39, 0.29) is 37.9 Å². The van der Waals surface area contributed by atoms with Crippen molar-refractivity contribution in [2.45, 2.75) is 154 Å². The summed E-state index contributed by atoms with van der Waals surface area (Å²) in [5.74, 6) is -3.15. The summed E-state index contributed by atoms with van der Waals surface area (Å²) in [5, 5.41) is 15.7. The Balaban J connectivity index is 0.000000249. The van der Waals surface area contributed by atoms with Crippen molar-refractivity contribution in [3.8, 4) is 0 Å². The van der Waals surface area contributed by atoms with Crippen LogP contribution in [0.3, 0.4) is 0 Å². The van der Waals surface area contributed by atoms with E-state index in [1.807, 2.05) is 30.3 Å². The third kappa shape index (κ3) is 11.5. The fraction of sp³-hybridized carbons (Fsp3) is 0.636. The molecule has 6 amide bonds. The third-order valence-electron chi connectivity index (χ3n) is 11.5. The molecule has 1 aromatic carbocycles. The van der Waals surface area contributed by atoms with Crippen LogP contribution in [-0.4, -0.2) is 164 Å². The predicted octanol–water partition coefficient (Wildman–Crippen LogP) is 3.31. The van der Waals surface area contributed by atoms with Gasteiger partial charge in [0.15, 0.2) is 0 Å². The number of para-hydroxylation sites is 1. The van der Waals surface area contributed by atoms with Crippen molar-refractivity contribution < 1.29 is 62.4 Å². The Morgan fingerprint density at radius 2 is 1.12 bits per heavy atom. The standard InChI is InChI=1S/C26H34N4O6.C18H29N3O7/c1-16(28(5)25(34)36-26(2,3)4)22(31)27-18-13-15-35-21-11-10-20(30(21)23(18)32)24(33)29-14-12-17-8-6-7-9-19(17)29;1-10(20(5)17(26)28-18(2,3)4)14(22)19-11-8-9-27-13-7-6-12(16(24)25)21(13)15(11)23/h6-9,12,14,16,18,20-21H,10-11,13,15H2,1-5H3,(H,27,31);10-13H,6-9H2,1-5H3,(H,19,22)(H,24,25)/t16-,18-,20+,21-;10-,11-,12+,13-/m00/s1. The Bertz CT molecular complexity index is 2090. The van der Waals surface area contributed by atoms with Gasteiger partial charge in [-0.3, -0.25) is 38.3 Å². The van der Waals surface area contributed by atoms with Gasteiger partial charge in [0.25, 0.3) is 5.91 Å². The van der Waals surface area contributed by atoms with E-state index in [1.165, 1.54) is 35.7 Å². The molecule has 20 nitrogen and oxygen atoms in total. The van der Waals surface area contributed by atoms with Crippen molar-refractivity contribution in [1.29, 1.82) is 0 Å². The lowest BCUT2D eigenvalue weighted by atomic mass is 10.1. The molecule has 2 aromatic rings. The number of fused-ring (bicyclic) bond motifs is 3. The van der Waals surface area contributed by atoms with Crippen molar-refractivity contribution >= 4 is 58.6 Å². The van der Waals surface area contributed by atoms with Gasteiger partial charge >= 0.3 is 18.2 Å². The van der Waals surface area contributed by atoms with Gasteiger partial charge in [0.1, 0.15) is 59.9 Å². The highest BCUT2D eigenvalue weighted by Gasteiger charge is 2.48. The molecule has 4 saturated heterocycles. The first-order valence-corrected chi connectivity index (χ1v) is 21.6. The van der Waals surface area contributed by atoms with Crippen molar-refractivity contribution in [2.75, 3.05) is 27.3 Å². The topological polar surface area (TPSA) is 236 Å². The fourth-order valence-corrected chi connectivity index (χ4v) is 7.84. The van der Waals surface area contributed by atoms with Crippen molar-refractivity contribution in [3.05, 3.63) is 36.5 Å². The zero-order chi connectivity index (χ0) is 47.4. The number of nitrogens with zero attached hydrogens (tertiary/aromatic N) is 5. The second-order valence-electron chi connectivity index (χ2n) is 18.5. The molecule has 8 atom stereocenters. The second-order valence-corrected chi connectivity index (χ2v) is 18.5. The van der Waals surface area contributed by atoms with Crippen molar-refractivity contribution in [2.24, 2.45) is 0 Å². The quantitative estimate of drug-likeness (QED) is 0.346. The fourth-order valence-electron chi connectivity index (χ4n) is 7.84. The van der Waals surface area contributed by atoms with Crippen LogP contribution in [0.25, 0.3) is 10.9 Å². The molecule has 0 aliphatic carbocycles. The van der Waals surface area contributed by atoms with Gasteiger partial charge in [-0.2, -0.15) is 0 Å². The minimum Gasteiger partial charge on any atom is -0.480 e. The maximum absolute atomic E-state index is 13.6. The van der Waals surface area contributed by atoms with Gasteiger partial charge in [-0.05, 0) is 93.2 Å². The van der Waals surface area contributed by atoms with Crippen LogP contribution in [0, 0.1) is 0 Å². The van der Waals surface area contributed by atoms with Crippen molar-refractivity contribution in [3.63, 3.8) is 0 Å². The number of ether oxygens (including phenoxy) is 4. The molecular formula is C44H63N7O13. The summed E-state index contributed by atoms with van der Waals surface area (Å²) in [6.07, 6.45) is 1.60. The van der Waals surface area contributed by atoms with Crippen LogP contribution in [0.15, 0.2) is 36.5 Å². The molecule has 1 aromatic heterocycles. The Morgan fingerprint density at radius 3 is 1.58 bits per heavy atom. The first kappa shape index (κ1) is 49.3. The van der Waals surface area contributed by atoms with Gasteiger partial charge in [-0.15, -0.1) is 0 Å². The summed E-state index contributed by atoms with van der Waals surface area (Å²) in [7, 11) is 2.91. The van der Waals surface area contributed by atoms with E-state index in [0.29, 0.717) is 25.7 Å². The van der Waals surface area contributed by atoms with E-state index >= 15 is 0 Å². The number of likely N-dealkylation sites (N-methyl/N-ethyl adjacent to an activating group) is 2. The first-order chi connectivity index (χ1) is 29.9. The van der Waals surface area contributed by atoms with Crippen molar-refractivity contribution in [1.82, 2.24) is 34.8 Å². The third-order valence-corrected chi connectivity index (χ3v) is 11.5. The maximum atomic E-state index is 13.6. The van der Waals surface area contributed by atoms with Crippen LogP contribution in [0.2, 0.25) is 0 Å². The first-order valence-electron chi connectivity index (χ1n) is 21.6. The summed E-state index contributed by atoms with van der Waals surface area (Å²) >= 11 is 0. The molecule has 0 bridgehead atoms. The molecule has 3 N–H and O–H groups in total. The maximum Gasteiger partial charge on any atom is 0.410 e. The summed E-state index contributed by atoms with van der Waals surface area (Å²) in [5.41, 5.74) is -0.627. The Morgan fingerprint density at radius 1 is 0.688 bits per heavy atom. The van der Waals surface area contributed by atoms with E-state index in [0.717, 1.165) is 15.8 Å². The number of carbonyl (C=O) groups excluding carboxylic acids is 7. The number of carboxylic acid groups (broad SMARTS) is 1. The molecule has 5 heterocycles. The molecule has 20 heteroatoms. The Kier molecular flexibility index (Phi) is 15.4. The molecular weight excluding hydrogens is 835 g/mol. The molecule has 0 spiro atoms. The highest BCUT2D eigenvalue weighted by Crippen LogP contribution is 2.32. The molecule has 4 aliphatic rings. The van der Waals surface area contributed by atoms with Gasteiger partial charge in [-0.25, -0.2) is 14.4 Å². The SMILES string of the molecule is C[C@@H](C(=O)N[C@H]1CCO[C@H]2CC[C@H](C(=O)O)N2C1=O)N(C)C(=O)OC(C)(C)C.C[C@@H](C(=O)N[C@H]1CCO[C@H]2CC[C@H](C(=O)n3ccc4ccccc43)N2C1=O)N(C)C(=O)OC(C)(C)C. The molecule has 352 valence electrons. The monoisotopic (exact) mass is 897 g/mol. The minimum absolute atomic E-state index is 0.208. The summed E-state index contributed by atoms with van der Waals surface area (Å²) < 4.78 is 23.7. The average molecular weight is 898 g/mol. The molecule has 64 heavy (non-hydrogen) atoms. The van der Waals surface area contributed by atoms with Gasteiger partial charge < -0.3 is 44.5 Å². The van der Waals surface area contributed by atoms with Crippen LogP contribution < -0.4 is 10.6 Å². The highest BCUT2D eigenvalue weighted by molar-refractivity contribution is 5.99.